The SMILES string of the molecule is COc1nc(N[C@H]2C[C@](C)(C(=O)N3CCCC3)C2)nc2[nH]cc(-c3ccc4nccn4c3)c12. The van der Waals surface area contributed by atoms with Gasteiger partial charge in [0, 0.05) is 55.0 Å². The third-order valence-electron chi connectivity index (χ3n) is 7.03. The van der Waals surface area contributed by atoms with Crippen LogP contribution in [-0.2, 0) is 4.79 Å². The number of amides is 1. The molecule has 9 nitrogen and oxygen atoms in total. The van der Waals surface area contributed by atoms with E-state index in [4.69, 9.17) is 9.72 Å². The van der Waals surface area contributed by atoms with Gasteiger partial charge in [0.15, 0.2) is 0 Å². The molecule has 4 aromatic heterocycles. The first-order valence-corrected chi connectivity index (χ1v) is 11.5. The van der Waals surface area contributed by atoms with Crippen LogP contribution in [0, 0.1) is 5.41 Å². The van der Waals surface area contributed by atoms with Gasteiger partial charge in [0.05, 0.1) is 17.9 Å². The largest absolute Gasteiger partial charge is 0.480 e. The van der Waals surface area contributed by atoms with Gasteiger partial charge in [-0.2, -0.15) is 9.97 Å². The molecule has 33 heavy (non-hydrogen) atoms. The number of carbonyl (C=O) groups excluding carboxylic acids is 1. The number of rotatable bonds is 5. The lowest BCUT2D eigenvalue weighted by Crippen LogP contribution is -2.53. The minimum absolute atomic E-state index is 0.168. The first-order chi connectivity index (χ1) is 16.0. The highest BCUT2D eigenvalue weighted by Gasteiger charge is 2.48. The third kappa shape index (κ3) is 3.30. The number of hydrogen-bond acceptors (Lipinski definition) is 6. The number of ether oxygens (including phenoxy) is 1. The lowest BCUT2D eigenvalue weighted by Gasteiger charge is -2.45. The Hall–Kier alpha value is -3.62. The topological polar surface area (TPSA) is 100 Å². The number of hydrogen-bond donors (Lipinski definition) is 2. The first kappa shape index (κ1) is 20.0. The number of carbonyl (C=O) groups is 1. The number of imidazole rings is 1. The number of aromatic nitrogens is 5. The van der Waals surface area contributed by atoms with Crippen LogP contribution in [0.4, 0.5) is 5.95 Å². The summed E-state index contributed by atoms with van der Waals surface area (Å²) in [5.74, 6) is 1.31. The van der Waals surface area contributed by atoms with E-state index < -0.39 is 0 Å². The Kier molecular flexibility index (Phi) is 4.53. The molecule has 1 aliphatic carbocycles. The predicted molar refractivity (Wildman–Crippen MR) is 125 cm³/mol. The molecular formula is C24H27N7O2. The minimum Gasteiger partial charge on any atom is -0.480 e. The third-order valence-corrected chi connectivity index (χ3v) is 7.03. The van der Waals surface area contributed by atoms with Gasteiger partial charge in [-0.25, -0.2) is 4.98 Å². The van der Waals surface area contributed by atoms with Crippen molar-refractivity contribution >= 4 is 28.5 Å². The van der Waals surface area contributed by atoms with E-state index in [9.17, 15) is 4.79 Å². The van der Waals surface area contributed by atoms with Gasteiger partial charge in [0.1, 0.15) is 11.3 Å². The molecule has 0 bridgehead atoms. The highest BCUT2D eigenvalue weighted by molar-refractivity contribution is 5.97. The van der Waals surface area contributed by atoms with E-state index in [0.717, 1.165) is 60.9 Å². The van der Waals surface area contributed by atoms with Crippen molar-refractivity contribution in [3.63, 3.8) is 0 Å². The summed E-state index contributed by atoms with van der Waals surface area (Å²) < 4.78 is 7.63. The van der Waals surface area contributed by atoms with Gasteiger partial charge in [0.2, 0.25) is 17.7 Å². The predicted octanol–water partition coefficient (Wildman–Crippen LogP) is 3.48. The maximum absolute atomic E-state index is 12.9. The van der Waals surface area contributed by atoms with Crippen LogP contribution in [0.3, 0.4) is 0 Å². The summed E-state index contributed by atoms with van der Waals surface area (Å²) in [6, 6.07) is 4.18. The second kappa shape index (κ2) is 7.47. The Morgan fingerprint density at radius 2 is 2.06 bits per heavy atom. The van der Waals surface area contributed by atoms with Gasteiger partial charge >= 0.3 is 0 Å². The van der Waals surface area contributed by atoms with Crippen LogP contribution in [0.2, 0.25) is 0 Å². The van der Waals surface area contributed by atoms with Crippen LogP contribution in [0.5, 0.6) is 5.88 Å². The molecule has 2 N–H and O–H groups in total. The summed E-state index contributed by atoms with van der Waals surface area (Å²) in [5.41, 5.74) is 3.30. The number of pyridine rings is 1. The Balaban J connectivity index is 1.24. The van der Waals surface area contributed by atoms with Crippen LogP contribution < -0.4 is 10.1 Å². The Morgan fingerprint density at radius 1 is 1.24 bits per heavy atom. The van der Waals surface area contributed by atoms with Crippen LogP contribution in [0.15, 0.2) is 36.9 Å². The zero-order chi connectivity index (χ0) is 22.6. The molecule has 0 unspecified atom stereocenters. The molecular weight excluding hydrogens is 418 g/mol. The molecule has 170 valence electrons. The van der Waals surface area contributed by atoms with Crippen LogP contribution >= 0.6 is 0 Å². The number of aromatic amines is 1. The molecule has 1 saturated heterocycles. The summed E-state index contributed by atoms with van der Waals surface area (Å²) in [6.07, 6.45) is 11.5. The maximum Gasteiger partial charge on any atom is 0.228 e. The smallest absolute Gasteiger partial charge is 0.228 e. The molecule has 1 aliphatic heterocycles. The number of fused-ring (bicyclic) bond motifs is 2. The fourth-order valence-corrected chi connectivity index (χ4v) is 5.31. The molecule has 5 heterocycles. The highest BCUT2D eigenvalue weighted by atomic mass is 16.5. The number of H-pyrrole nitrogens is 1. The van der Waals surface area contributed by atoms with Crippen molar-refractivity contribution in [2.24, 2.45) is 5.41 Å². The fourth-order valence-electron chi connectivity index (χ4n) is 5.31. The van der Waals surface area contributed by atoms with Gasteiger partial charge in [-0.3, -0.25) is 4.79 Å². The molecule has 4 aromatic rings. The van der Waals surface area contributed by atoms with E-state index in [-0.39, 0.29) is 17.4 Å². The standard InChI is InChI=1S/C24H27N7O2/c1-24(22(32)30-8-3-4-9-30)11-16(12-24)27-23-28-20-19(21(29-23)33-2)17(13-26-20)15-5-6-18-25-7-10-31(18)14-15/h5-7,10,13-14,16H,3-4,8-9,11-12H2,1-2H3,(H2,26,27,28,29)/t16-,24-. The van der Waals surface area contributed by atoms with Crippen molar-refractivity contribution in [3.05, 3.63) is 36.9 Å². The summed E-state index contributed by atoms with van der Waals surface area (Å²) in [5, 5.41) is 4.25. The zero-order valence-corrected chi connectivity index (χ0v) is 18.8. The van der Waals surface area contributed by atoms with E-state index in [1.807, 2.05) is 40.0 Å². The number of anilines is 1. The summed E-state index contributed by atoms with van der Waals surface area (Å²) in [6.45, 7) is 3.86. The van der Waals surface area contributed by atoms with E-state index in [1.54, 1.807) is 13.3 Å². The second-order valence-corrected chi connectivity index (χ2v) is 9.40. The molecule has 0 spiro atoms. The molecule has 2 fully saturated rings. The number of nitrogens with zero attached hydrogens (tertiary/aromatic N) is 5. The molecule has 6 rings (SSSR count). The number of likely N-dealkylation sites (tertiary alicyclic amines) is 1. The van der Waals surface area contributed by atoms with Gasteiger partial charge in [-0.15, -0.1) is 0 Å². The lowest BCUT2D eigenvalue weighted by molar-refractivity contribution is -0.145. The van der Waals surface area contributed by atoms with Crippen molar-refractivity contribution < 1.29 is 9.53 Å². The highest BCUT2D eigenvalue weighted by Crippen LogP contribution is 2.44. The van der Waals surface area contributed by atoms with Crippen molar-refractivity contribution in [1.29, 1.82) is 0 Å². The van der Waals surface area contributed by atoms with E-state index in [1.165, 1.54) is 0 Å². The van der Waals surface area contributed by atoms with Crippen molar-refractivity contribution in [2.75, 3.05) is 25.5 Å². The van der Waals surface area contributed by atoms with Gasteiger partial charge in [-0.05, 0) is 37.8 Å². The number of methoxy groups -OCH3 is 1. The number of nitrogens with one attached hydrogen (secondary N) is 2. The molecule has 2 aliphatic rings. The average molecular weight is 446 g/mol. The summed E-state index contributed by atoms with van der Waals surface area (Å²) in [4.78, 5) is 31.8. The van der Waals surface area contributed by atoms with Crippen molar-refractivity contribution in [1.82, 2.24) is 29.2 Å². The Morgan fingerprint density at radius 3 is 2.85 bits per heavy atom. The Labute approximate surface area is 191 Å². The van der Waals surface area contributed by atoms with Crippen LogP contribution in [0.25, 0.3) is 27.8 Å². The maximum atomic E-state index is 12.9. The van der Waals surface area contributed by atoms with Crippen molar-refractivity contribution in [2.45, 2.75) is 38.6 Å². The minimum atomic E-state index is -0.290. The molecule has 9 heteroatoms. The first-order valence-electron chi connectivity index (χ1n) is 11.5. The molecule has 1 amide bonds. The summed E-state index contributed by atoms with van der Waals surface area (Å²) in [7, 11) is 1.62. The molecule has 0 radical (unpaired) electrons. The molecule has 1 saturated carbocycles. The van der Waals surface area contributed by atoms with E-state index >= 15 is 0 Å². The second-order valence-electron chi connectivity index (χ2n) is 9.40. The molecule has 0 atom stereocenters. The zero-order valence-electron chi connectivity index (χ0n) is 18.8. The monoisotopic (exact) mass is 445 g/mol. The quantitative estimate of drug-likeness (QED) is 0.488. The van der Waals surface area contributed by atoms with Gasteiger partial charge in [0.25, 0.3) is 0 Å². The van der Waals surface area contributed by atoms with Crippen LogP contribution in [-0.4, -0.2) is 61.4 Å². The fraction of sp³-hybridized carbons (Fsp3) is 0.417. The molecule has 0 aromatic carbocycles. The normalized spacial score (nSPS) is 22.6. The van der Waals surface area contributed by atoms with Crippen molar-refractivity contribution in [3.8, 4) is 17.0 Å². The summed E-state index contributed by atoms with van der Waals surface area (Å²) >= 11 is 0. The van der Waals surface area contributed by atoms with Crippen LogP contribution in [0.1, 0.15) is 32.6 Å². The van der Waals surface area contributed by atoms with Gasteiger partial charge in [-0.1, -0.05) is 6.92 Å². The Bertz CT molecular complexity index is 1350. The van der Waals surface area contributed by atoms with Gasteiger partial charge < -0.3 is 24.3 Å². The lowest BCUT2D eigenvalue weighted by atomic mass is 9.66. The average Bonchev–Trinajstić information content (AvgIpc) is 3.56. The van der Waals surface area contributed by atoms with E-state index in [0.29, 0.717) is 17.5 Å². The van der Waals surface area contributed by atoms with E-state index in [2.05, 4.69) is 27.2 Å².